The van der Waals surface area contributed by atoms with E-state index < -0.39 is 10.0 Å². The van der Waals surface area contributed by atoms with Gasteiger partial charge in [-0.2, -0.15) is 4.31 Å². The number of unbranched alkanes of at least 4 members (excludes halogenated alkanes) is 1. The molecule has 0 spiro atoms. The summed E-state index contributed by atoms with van der Waals surface area (Å²) in [6.07, 6.45) is 2.66. The highest BCUT2D eigenvalue weighted by molar-refractivity contribution is 7.89. The lowest BCUT2D eigenvalue weighted by molar-refractivity contribution is 0.324. The van der Waals surface area contributed by atoms with Gasteiger partial charge in [0.2, 0.25) is 10.0 Å². The predicted octanol–water partition coefficient (Wildman–Crippen LogP) is 2.73. The highest BCUT2D eigenvalue weighted by Crippen LogP contribution is 2.21. The van der Waals surface area contributed by atoms with Crippen molar-refractivity contribution in [3.8, 4) is 0 Å². The summed E-state index contributed by atoms with van der Waals surface area (Å²) in [7, 11) is -3.44. The Morgan fingerprint density at radius 2 is 2.00 bits per heavy atom. The van der Waals surface area contributed by atoms with Crippen LogP contribution in [0.5, 0.6) is 0 Å². The molecule has 0 aliphatic carbocycles. The van der Waals surface area contributed by atoms with Crippen molar-refractivity contribution in [1.82, 2.24) is 4.31 Å². The number of hydrogen-bond donors (Lipinski definition) is 1. The van der Waals surface area contributed by atoms with E-state index in [9.17, 15) is 8.42 Å². The lowest BCUT2D eigenvalue weighted by atomic mass is 10.2. The van der Waals surface area contributed by atoms with Crippen LogP contribution in [0.3, 0.4) is 0 Å². The lowest BCUT2D eigenvalue weighted by Crippen LogP contribution is -2.39. The molecule has 0 fully saturated rings. The van der Waals surface area contributed by atoms with Crippen molar-refractivity contribution in [2.24, 2.45) is 5.73 Å². The standard InChI is InChI=1S/C15H26N2O2S/c1-4-6-10-17(13(3)5-2)20(18,19)15-9-7-8-14(11-15)12-16/h7-9,11,13H,4-6,10,12,16H2,1-3H3. The number of sulfonamides is 1. The average molecular weight is 298 g/mol. The molecule has 0 heterocycles. The number of rotatable bonds is 8. The van der Waals surface area contributed by atoms with Crippen molar-refractivity contribution in [3.05, 3.63) is 29.8 Å². The molecule has 1 atom stereocenters. The number of benzene rings is 1. The van der Waals surface area contributed by atoms with Crippen LogP contribution in [0.1, 0.15) is 45.6 Å². The maximum atomic E-state index is 12.8. The van der Waals surface area contributed by atoms with Gasteiger partial charge in [-0.25, -0.2) is 8.42 Å². The van der Waals surface area contributed by atoms with Crippen LogP contribution in [0.4, 0.5) is 0 Å². The molecule has 0 amide bonds. The van der Waals surface area contributed by atoms with Crippen molar-refractivity contribution in [3.63, 3.8) is 0 Å². The van der Waals surface area contributed by atoms with Gasteiger partial charge in [-0.15, -0.1) is 0 Å². The lowest BCUT2D eigenvalue weighted by Gasteiger charge is -2.27. The Kier molecular flexibility index (Phi) is 6.65. The van der Waals surface area contributed by atoms with Gasteiger partial charge in [-0.05, 0) is 37.5 Å². The third-order valence-corrected chi connectivity index (χ3v) is 5.56. The van der Waals surface area contributed by atoms with Crippen molar-refractivity contribution in [1.29, 1.82) is 0 Å². The molecule has 0 aliphatic heterocycles. The van der Waals surface area contributed by atoms with Gasteiger partial charge in [0.15, 0.2) is 0 Å². The number of nitrogens with zero attached hydrogens (tertiary/aromatic N) is 1. The summed E-state index contributed by atoms with van der Waals surface area (Å²) < 4.78 is 27.2. The van der Waals surface area contributed by atoms with E-state index in [1.54, 1.807) is 22.5 Å². The average Bonchev–Trinajstić information content (AvgIpc) is 2.47. The van der Waals surface area contributed by atoms with E-state index in [4.69, 9.17) is 5.73 Å². The zero-order valence-electron chi connectivity index (χ0n) is 12.7. The number of nitrogens with two attached hydrogens (primary N) is 1. The van der Waals surface area contributed by atoms with Gasteiger partial charge in [-0.3, -0.25) is 0 Å². The van der Waals surface area contributed by atoms with Gasteiger partial charge >= 0.3 is 0 Å². The first-order valence-corrected chi connectivity index (χ1v) is 8.72. The van der Waals surface area contributed by atoms with Gasteiger partial charge in [0.05, 0.1) is 4.90 Å². The van der Waals surface area contributed by atoms with Crippen LogP contribution in [0, 0.1) is 0 Å². The van der Waals surface area contributed by atoms with Gasteiger partial charge in [0.25, 0.3) is 0 Å². The molecule has 0 radical (unpaired) electrons. The molecule has 4 nitrogen and oxygen atoms in total. The molecule has 0 aliphatic rings. The van der Waals surface area contributed by atoms with E-state index in [1.807, 2.05) is 19.9 Å². The Bertz CT molecular complexity index is 514. The molecule has 1 rings (SSSR count). The van der Waals surface area contributed by atoms with Gasteiger partial charge in [-0.1, -0.05) is 32.4 Å². The summed E-state index contributed by atoms with van der Waals surface area (Å²) in [5.74, 6) is 0. The SMILES string of the molecule is CCCCN(C(C)CC)S(=O)(=O)c1cccc(CN)c1. The summed E-state index contributed by atoms with van der Waals surface area (Å²) >= 11 is 0. The van der Waals surface area contributed by atoms with Gasteiger partial charge in [0, 0.05) is 19.1 Å². The first kappa shape index (κ1) is 17.1. The monoisotopic (exact) mass is 298 g/mol. The van der Waals surface area contributed by atoms with E-state index >= 15 is 0 Å². The van der Waals surface area contributed by atoms with Crippen molar-refractivity contribution < 1.29 is 8.42 Å². The molecular formula is C15H26N2O2S. The summed E-state index contributed by atoms with van der Waals surface area (Å²) in [5.41, 5.74) is 6.43. The molecule has 5 heteroatoms. The highest BCUT2D eigenvalue weighted by atomic mass is 32.2. The predicted molar refractivity (Wildman–Crippen MR) is 82.9 cm³/mol. The Balaban J connectivity index is 3.14. The molecule has 1 aromatic rings. The van der Waals surface area contributed by atoms with Crippen LogP contribution in [-0.2, 0) is 16.6 Å². The summed E-state index contributed by atoms with van der Waals surface area (Å²) in [6.45, 7) is 6.95. The van der Waals surface area contributed by atoms with Crippen molar-refractivity contribution in [2.75, 3.05) is 6.54 Å². The van der Waals surface area contributed by atoms with Crippen LogP contribution < -0.4 is 5.73 Å². The Morgan fingerprint density at radius 3 is 2.55 bits per heavy atom. The van der Waals surface area contributed by atoms with Crippen LogP contribution >= 0.6 is 0 Å². The maximum Gasteiger partial charge on any atom is 0.243 e. The Labute approximate surface area is 123 Å². The Hall–Kier alpha value is -0.910. The minimum atomic E-state index is -3.44. The molecule has 0 saturated heterocycles. The van der Waals surface area contributed by atoms with Gasteiger partial charge < -0.3 is 5.73 Å². The first-order valence-electron chi connectivity index (χ1n) is 7.28. The molecule has 0 saturated carbocycles. The minimum absolute atomic E-state index is 0.00748. The molecule has 0 bridgehead atoms. The van der Waals surface area contributed by atoms with Crippen LogP contribution in [0.15, 0.2) is 29.2 Å². The third kappa shape index (κ3) is 4.04. The normalized spacial score (nSPS) is 13.7. The van der Waals surface area contributed by atoms with Crippen molar-refractivity contribution >= 4 is 10.0 Å². The van der Waals surface area contributed by atoms with E-state index in [-0.39, 0.29) is 6.04 Å². The number of hydrogen-bond acceptors (Lipinski definition) is 3. The topological polar surface area (TPSA) is 63.4 Å². The summed E-state index contributed by atoms with van der Waals surface area (Å²) in [6, 6.07) is 6.93. The second kappa shape index (κ2) is 7.76. The van der Waals surface area contributed by atoms with Crippen LogP contribution in [-0.4, -0.2) is 25.3 Å². The summed E-state index contributed by atoms with van der Waals surface area (Å²) in [4.78, 5) is 0.344. The van der Waals surface area contributed by atoms with E-state index in [0.717, 1.165) is 24.8 Å². The van der Waals surface area contributed by atoms with E-state index in [2.05, 4.69) is 6.92 Å². The highest BCUT2D eigenvalue weighted by Gasteiger charge is 2.27. The summed E-state index contributed by atoms with van der Waals surface area (Å²) in [5, 5.41) is 0. The van der Waals surface area contributed by atoms with Crippen LogP contribution in [0.2, 0.25) is 0 Å². The van der Waals surface area contributed by atoms with Gasteiger partial charge in [0.1, 0.15) is 0 Å². The molecule has 114 valence electrons. The second-order valence-electron chi connectivity index (χ2n) is 5.08. The van der Waals surface area contributed by atoms with Crippen molar-refractivity contribution in [2.45, 2.75) is 57.5 Å². The Morgan fingerprint density at radius 1 is 1.30 bits per heavy atom. The molecule has 0 aromatic heterocycles. The molecule has 1 unspecified atom stereocenters. The quantitative estimate of drug-likeness (QED) is 0.802. The largest absolute Gasteiger partial charge is 0.326 e. The minimum Gasteiger partial charge on any atom is -0.326 e. The third-order valence-electron chi connectivity index (χ3n) is 3.56. The second-order valence-corrected chi connectivity index (χ2v) is 6.97. The fraction of sp³-hybridized carbons (Fsp3) is 0.600. The zero-order chi connectivity index (χ0) is 15.2. The first-order chi connectivity index (χ1) is 9.47. The van der Waals surface area contributed by atoms with E-state index in [0.29, 0.717) is 18.0 Å². The molecule has 2 N–H and O–H groups in total. The van der Waals surface area contributed by atoms with Crippen LogP contribution in [0.25, 0.3) is 0 Å². The molecular weight excluding hydrogens is 272 g/mol. The smallest absolute Gasteiger partial charge is 0.243 e. The molecule has 1 aromatic carbocycles. The fourth-order valence-corrected chi connectivity index (χ4v) is 3.88. The zero-order valence-corrected chi connectivity index (χ0v) is 13.5. The maximum absolute atomic E-state index is 12.8. The fourth-order valence-electron chi connectivity index (χ4n) is 2.06. The van der Waals surface area contributed by atoms with E-state index in [1.165, 1.54) is 0 Å². The molecule has 20 heavy (non-hydrogen) atoms.